The lowest BCUT2D eigenvalue weighted by Crippen LogP contribution is -2.23. The van der Waals surface area contributed by atoms with E-state index in [9.17, 15) is 0 Å². The number of hydrogen-bond donors (Lipinski definition) is 2. The number of nitrogens with one attached hydrogen (secondary N) is 2. The van der Waals surface area contributed by atoms with Crippen molar-refractivity contribution >= 4 is 16.6 Å². The third-order valence-electron chi connectivity index (χ3n) is 7.17. The van der Waals surface area contributed by atoms with Crippen LogP contribution >= 0.6 is 0 Å². The van der Waals surface area contributed by atoms with Gasteiger partial charge in [0.1, 0.15) is 0 Å². The van der Waals surface area contributed by atoms with Crippen LogP contribution in [-0.4, -0.2) is 56.3 Å². The zero-order chi connectivity index (χ0) is 21.9. The van der Waals surface area contributed by atoms with Crippen LogP contribution in [0.5, 0.6) is 11.5 Å². The monoisotopic (exact) mass is 438 g/mol. The zero-order valence-corrected chi connectivity index (χ0v) is 19.7. The maximum atomic E-state index is 6.22. The number of nitrogens with zero attached hydrogens (tertiary/aromatic N) is 2. The van der Waals surface area contributed by atoms with E-state index in [-0.39, 0.29) is 0 Å². The summed E-state index contributed by atoms with van der Waals surface area (Å²) in [5, 5.41) is 8.50. The highest BCUT2D eigenvalue weighted by Crippen LogP contribution is 2.39. The fourth-order valence-corrected chi connectivity index (χ4v) is 5.10. The molecule has 6 heteroatoms. The average molecular weight is 439 g/mol. The molecule has 2 aromatic rings. The highest BCUT2D eigenvalue weighted by molar-refractivity contribution is 5.95. The van der Waals surface area contributed by atoms with E-state index in [2.05, 4.69) is 34.6 Å². The van der Waals surface area contributed by atoms with E-state index in [1.807, 2.05) is 0 Å². The number of pyridine rings is 1. The molecule has 1 aromatic carbocycles. The molecule has 2 fully saturated rings. The standard InChI is InChI=1S/C26H38N4O2/c1-18-8-11-30(17-18)10-4-12-32-25-14-23-20(13-24(25)31-2)26(28-15-19-6-7-19)21-16-27-9-3-5-22(21)29-23/h13-14,18-19,27H,3-12,15-17H2,1-2H3,(H,28,29). The normalized spacial score (nSPS) is 21.4. The predicted molar refractivity (Wildman–Crippen MR) is 130 cm³/mol. The van der Waals surface area contributed by atoms with E-state index < -0.39 is 0 Å². The van der Waals surface area contributed by atoms with Gasteiger partial charge >= 0.3 is 0 Å². The van der Waals surface area contributed by atoms with Gasteiger partial charge in [-0.05, 0) is 69.5 Å². The van der Waals surface area contributed by atoms with Crippen LogP contribution in [0, 0.1) is 11.8 Å². The molecule has 32 heavy (non-hydrogen) atoms. The number of methoxy groups -OCH3 is 1. The van der Waals surface area contributed by atoms with Crippen molar-refractivity contribution in [2.45, 2.75) is 52.0 Å². The van der Waals surface area contributed by atoms with Gasteiger partial charge in [-0.1, -0.05) is 6.92 Å². The third kappa shape index (κ3) is 4.96. The first-order valence-corrected chi connectivity index (χ1v) is 12.5. The summed E-state index contributed by atoms with van der Waals surface area (Å²) in [6.45, 7) is 9.56. The Bertz CT molecular complexity index is 943. The van der Waals surface area contributed by atoms with Gasteiger partial charge in [-0.15, -0.1) is 0 Å². The number of fused-ring (bicyclic) bond motifs is 2. The first-order valence-electron chi connectivity index (χ1n) is 12.5. The van der Waals surface area contributed by atoms with Gasteiger partial charge in [0.2, 0.25) is 0 Å². The molecule has 3 aliphatic rings. The lowest BCUT2D eigenvalue weighted by Gasteiger charge is -2.19. The average Bonchev–Trinajstić information content (AvgIpc) is 3.58. The smallest absolute Gasteiger partial charge is 0.163 e. The quantitative estimate of drug-likeness (QED) is 0.572. The van der Waals surface area contributed by atoms with E-state index in [0.717, 1.165) is 79.7 Å². The third-order valence-corrected chi connectivity index (χ3v) is 7.17. The van der Waals surface area contributed by atoms with Gasteiger partial charge in [0.05, 0.1) is 24.9 Å². The van der Waals surface area contributed by atoms with Crippen LogP contribution in [0.1, 0.15) is 50.3 Å². The first kappa shape index (κ1) is 21.8. The van der Waals surface area contributed by atoms with Gasteiger partial charge in [0.25, 0.3) is 0 Å². The van der Waals surface area contributed by atoms with Crippen molar-refractivity contribution in [3.63, 3.8) is 0 Å². The molecule has 1 atom stereocenters. The molecule has 2 N–H and O–H groups in total. The molecule has 1 aromatic heterocycles. The summed E-state index contributed by atoms with van der Waals surface area (Å²) < 4.78 is 12.0. The Morgan fingerprint density at radius 1 is 1.22 bits per heavy atom. The van der Waals surface area contributed by atoms with Crippen LogP contribution in [0.25, 0.3) is 10.9 Å². The molecule has 0 bridgehead atoms. The van der Waals surface area contributed by atoms with Crippen molar-refractivity contribution in [2.75, 3.05) is 51.8 Å². The topological polar surface area (TPSA) is 58.6 Å². The number of benzene rings is 1. The second-order valence-electron chi connectivity index (χ2n) is 9.93. The second kappa shape index (κ2) is 9.84. The number of likely N-dealkylation sites (tertiary alicyclic amines) is 1. The van der Waals surface area contributed by atoms with Crippen molar-refractivity contribution < 1.29 is 9.47 Å². The van der Waals surface area contributed by atoms with Crippen LogP contribution < -0.4 is 20.1 Å². The molecule has 2 aliphatic heterocycles. The number of rotatable bonds is 9. The largest absolute Gasteiger partial charge is 0.493 e. The predicted octanol–water partition coefficient (Wildman–Crippen LogP) is 4.21. The lowest BCUT2D eigenvalue weighted by molar-refractivity contribution is 0.251. The number of hydrogen-bond acceptors (Lipinski definition) is 6. The molecule has 3 heterocycles. The molecule has 6 nitrogen and oxygen atoms in total. The SMILES string of the molecule is COc1cc2c(NCC3CC3)c3c(nc2cc1OCCCN1CCC(C)C1)CCCNC3. The van der Waals surface area contributed by atoms with E-state index in [0.29, 0.717) is 6.61 Å². The van der Waals surface area contributed by atoms with Crippen molar-refractivity contribution in [3.8, 4) is 11.5 Å². The van der Waals surface area contributed by atoms with Gasteiger partial charge < -0.3 is 25.0 Å². The maximum absolute atomic E-state index is 6.22. The molecule has 1 unspecified atom stereocenters. The summed E-state index contributed by atoms with van der Waals surface area (Å²) in [6, 6.07) is 4.22. The van der Waals surface area contributed by atoms with E-state index in [1.165, 1.54) is 49.3 Å². The molecule has 1 aliphatic carbocycles. The zero-order valence-electron chi connectivity index (χ0n) is 19.7. The summed E-state index contributed by atoms with van der Waals surface area (Å²) in [4.78, 5) is 7.64. The maximum Gasteiger partial charge on any atom is 0.163 e. The van der Waals surface area contributed by atoms with Crippen LogP contribution in [0.4, 0.5) is 5.69 Å². The van der Waals surface area contributed by atoms with Gasteiger partial charge in [-0.3, -0.25) is 4.98 Å². The minimum absolute atomic E-state index is 0.703. The molecule has 1 saturated heterocycles. The lowest BCUT2D eigenvalue weighted by atomic mass is 10.0. The second-order valence-corrected chi connectivity index (χ2v) is 9.93. The minimum atomic E-state index is 0.703. The molecule has 5 rings (SSSR count). The minimum Gasteiger partial charge on any atom is -0.493 e. The summed E-state index contributed by atoms with van der Waals surface area (Å²) in [5.74, 6) is 3.25. The van der Waals surface area contributed by atoms with Crippen LogP contribution in [0.3, 0.4) is 0 Å². The van der Waals surface area contributed by atoms with Crippen LogP contribution in [0.15, 0.2) is 12.1 Å². The number of aromatic nitrogens is 1. The summed E-state index contributed by atoms with van der Waals surface area (Å²) in [5.41, 5.74) is 4.79. The van der Waals surface area contributed by atoms with E-state index in [1.54, 1.807) is 7.11 Å². The van der Waals surface area contributed by atoms with E-state index in [4.69, 9.17) is 14.5 Å². The molecule has 0 radical (unpaired) electrons. The fraction of sp³-hybridized carbons (Fsp3) is 0.654. The van der Waals surface area contributed by atoms with Crippen molar-refractivity contribution in [3.05, 3.63) is 23.4 Å². The molecule has 0 spiro atoms. The van der Waals surface area contributed by atoms with Gasteiger partial charge in [0.15, 0.2) is 11.5 Å². The Labute approximate surface area is 192 Å². The summed E-state index contributed by atoms with van der Waals surface area (Å²) in [7, 11) is 1.73. The molecular weight excluding hydrogens is 400 g/mol. The van der Waals surface area contributed by atoms with E-state index >= 15 is 0 Å². The van der Waals surface area contributed by atoms with Gasteiger partial charge in [0, 0.05) is 48.9 Å². The van der Waals surface area contributed by atoms with Crippen molar-refractivity contribution in [1.29, 1.82) is 0 Å². The Morgan fingerprint density at radius 2 is 2.12 bits per heavy atom. The Morgan fingerprint density at radius 3 is 2.91 bits per heavy atom. The van der Waals surface area contributed by atoms with Crippen molar-refractivity contribution in [1.82, 2.24) is 15.2 Å². The van der Waals surface area contributed by atoms with Gasteiger partial charge in [-0.25, -0.2) is 0 Å². The highest BCUT2D eigenvalue weighted by Gasteiger charge is 2.24. The Kier molecular flexibility index (Phi) is 6.69. The molecule has 174 valence electrons. The Hall–Kier alpha value is -2.05. The molecule has 1 saturated carbocycles. The fourth-order valence-electron chi connectivity index (χ4n) is 5.10. The highest BCUT2D eigenvalue weighted by atomic mass is 16.5. The number of ether oxygens (including phenoxy) is 2. The molecule has 0 amide bonds. The summed E-state index contributed by atoms with van der Waals surface area (Å²) >= 11 is 0. The van der Waals surface area contributed by atoms with Gasteiger partial charge in [-0.2, -0.15) is 0 Å². The Balaban J connectivity index is 1.37. The number of aryl methyl sites for hydroxylation is 1. The van der Waals surface area contributed by atoms with Crippen molar-refractivity contribution in [2.24, 2.45) is 11.8 Å². The van der Waals surface area contributed by atoms with Crippen LogP contribution in [-0.2, 0) is 13.0 Å². The summed E-state index contributed by atoms with van der Waals surface area (Å²) in [6.07, 6.45) is 7.19. The van der Waals surface area contributed by atoms with Crippen LogP contribution in [0.2, 0.25) is 0 Å². The first-order chi connectivity index (χ1) is 15.7. The molecular formula is C26H38N4O2. The number of anilines is 1.